The van der Waals surface area contributed by atoms with E-state index in [0.29, 0.717) is 28.7 Å². The van der Waals surface area contributed by atoms with Gasteiger partial charge in [-0.15, -0.1) is 18.2 Å². The summed E-state index contributed by atoms with van der Waals surface area (Å²) in [4.78, 5) is 9.71. The number of benzene rings is 6. The SMILES string of the molecule is Cc1ccc2c(c1)oc1c(-c3nc4ccccc4n3-c3c(C(C)C)cc(-c4ccccc4)cc3C(C)C)[c-]ccc12.[2H]c1[c-]c(-c2cc(C([2H])([2H])C(C)C)[c]([Ge]([CH3])([CH3])[CH3])cn2)cc([2H])c1C([2H])([2H])[2H].[Ir]. The number of aromatic nitrogens is 3. The third kappa shape index (κ3) is 9.58. The number of furan rings is 1. The van der Waals surface area contributed by atoms with E-state index in [-0.39, 0.29) is 43.7 Å². The fourth-order valence-corrected chi connectivity index (χ4v) is 11.1. The molecule has 0 saturated carbocycles. The van der Waals surface area contributed by atoms with Gasteiger partial charge in [0, 0.05) is 31.2 Å². The summed E-state index contributed by atoms with van der Waals surface area (Å²) in [5, 5.41) is 2.20. The van der Waals surface area contributed by atoms with Crippen molar-refractivity contribution in [2.24, 2.45) is 5.92 Å². The zero-order valence-corrected chi connectivity index (χ0v) is 42.3. The molecule has 0 amide bonds. The third-order valence-electron chi connectivity index (χ3n) is 11.2. The van der Waals surface area contributed by atoms with Gasteiger partial charge in [-0.1, -0.05) is 93.2 Å². The van der Waals surface area contributed by atoms with Crippen molar-refractivity contribution in [2.75, 3.05) is 0 Å². The van der Waals surface area contributed by atoms with Crippen LogP contribution in [-0.2, 0) is 26.5 Å². The number of rotatable bonds is 9. The minimum atomic E-state index is -2.55. The number of nitrogens with zero attached hydrogens (tertiary/aromatic N) is 3. The number of hydrogen-bond acceptors (Lipinski definition) is 3. The number of pyridine rings is 1. The van der Waals surface area contributed by atoms with Crippen LogP contribution in [0, 0.1) is 31.8 Å². The van der Waals surface area contributed by atoms with Crippen molar-refractivity contribution in [2.45, 2.75) is 90.8 Å². The molecule has 9 aromatic rings. The van der Waals surface area contributed by atoms with Crippen molar-refractivity contribution in [1.29, 1.82) is 0 Å². The van der Waals surface area contributed by atoms with E-state index in [9.17, 15) is 0 Å². The first-order chi connectivity index (χ1) is 32.5. The Kier molecular flexibility index (Phi) is 11.2. The van der Waals surface area contributed by atoms with Crippen molar-refractivity contribution in [3.05, 3.63) is 167 Å². The molecule has 0 aliphatic carbocycles. The predicted octanol–water partition coefficient (Wildman–Crippen LogP) is 15.2. The second-order valence-corrected chi connectivity index (χ2v) is 28.7. The maximum Gasteiger partial charge on any atom is 0 e. The molecule has 0 spiro atoms. The van der Waals surface area contributed by atoms with Gasteiger partial charge >= 0.3 is 141 Å². The Morgan fingerprint density at radius 1 is 0.794 bits per heavy atom. The second kappa shape index (κ2) is 19.0. The van der Waals surface area contributed by atoms with Crippen LogP contribution < -0.4 is 4.40 Å². The first-order valence-corrected chi connectivity index (χ1v) is 28.9. The van der Waals surface area contributed by atoms with Crippen LogP contribution in [0.3, 0.4) is 0 Å². The normalized spacial score (nSPS) is 13.8. The van der Waals surface area contributed by atoms with E-state index in [0.717, 1.165) is 48.8 Å². The molecule has 6 aromatic carbocycles. The molecule has 0 bridgehead atoms. The smallest absolute Gasteiger partial charge is 0 e. The summed E-state index contributed by atoms with van der Waals surface area (Å²) in [5.41, 5.74) is 13.1. The van der Waals surface area contributed by atoms with Gasteiger partial charge in [-0.3, -0.25) is 4.98 Å². The molecular formula is C57H59GeIrN3O-2. The number of imidazole rings is 1. The van der Waals surface area contributed by atoms with E-state index in [1.54, 1.807) is 12.3 Å². The first kappa shape index (κ1) is 37.3. The van der Waals surface area contributed by atoms with Gasteiger partial charge in [0.15, 0.2) is 0 Å². The Morgan fingerprint density at radius 2 is 1.51 bits per heavy atom. The molecule has 0 saturated heterocycles. The molecule has 0 atom stereocenters. The zero-order valence-electron chi connectivity index (χ0n) is 44.8. The molecule has 1 radical (unpaired) electrons. The van der Waals surface area contributed by atoms with Crippen LogP contribution >= 0.6 is 0 Å². The van der Waals surface area contributed by atoms with Crippen LogP contribution in [0.1, 0.15) is 90.8 Å². The summed E-state index contributed by atoms with van der Waals surface area (Å²) in [5.74, 6) is 7.74. The second-order valence-electron chi connectivity index (χ2n) is 18.1. The van der Waals surface area contributed by atoms with E-state index < -0.39 is 26.5 Å². The Hall–Kier alpha value is -5.07. The van der Waals surface area contributed by atoms with Crippen molar-refractivity contribution >= 4 is 50.6 Å². The minimum Gasteiger partial charge on any atom is 0 e. The van der Waals surface area contributed by atoms with Gasteiger partial charge in [0.05, 0.1) is 22.4 Å². The quantitative estimate of drug-likeness (QED) is 0.107. The van der Waals surface area contributed by atoms with Gasteiger partial charge in [-0.2, -0.15) is 0 Å². The Bertz CT molecular complexity index is 3320. The van der Waals surface area contributed by atoms with E-state index in [1.165, 1.54) is 39.6 Å². The molecule has 323 valence electrons. The van der Waals surface area contributed by atoms with Crippen molar-refractivity contribution in [3.8, 4) is 39.5 Å². The van der Waals surface area contributed by atoms with Gasteiger partial charge in [0.25, 0.3) is 0 Å². The predicted molar refractivity (Wildman–Crippen MR) is 266 cm³/mol. The van der Waals surface area contributed by atoms with Gasteiger partial charge in [-0.25, -0.2) is 0 Å². The van der Waals surface area contributed by atoms with E-state index in [2.05, 4.69) is 165 Å². The summed E-state index contributed by atoms with van der Waals surface area (Å²) >= 11 is -2.42. The van der Waals surface area contributed by atoms with E-state index in [1.807, 2.05) is 19.9 Å². The Balaban J connectivity index is 0.000000220. The summed E-state index contributed by atoms with van der Waals surface area (Å²) in [6.45, 7) is 12.3. The standard InChI is InChI=1S/C38H33N2O.C19H26GeN.Ir/c1-23(2)31-21-27(26-12-7-6-8-13-26)22-32(24(3)4)36(31)40-34-17-10-9-16-33(34)39-38(40)30-15-11-14-29-28-19-18-25(5)20-35(28)41-37(29)30;1-14(2)11-17-12-19(16-9-7-15(3)8-10-16)21-13-18(17)20(4,5)6;/h6-14,16-24H,1-5H3;7-9,12-14H,11H2,1-6H3;/q2*-1;/i;3D3,7D,8D,11D2;. The van der Waals surface area contributed by atoms with E-state index in [4.69, 9.17) is 19.0 Å². The number of fused-ring (bicyclic) bond motifs is 4. The van der Waals surface area contributed by atoms with Gasteiger partial charge in [0.2, 0.25) is 0 Å². The van der Waals surface area contributed by atoms with Crippen LogP contribution in [0.2, 0.25) is 17.3 Å². The maximum absolute atomic E-state index is 8.61. The first-order valence-electron chi connectivity index (χ1n) is 25.1. The van der Waals surface area contributed by atoms with Crippen LogP contribution in [0.15, 0.2) is 132 Å². The number of para-hydroxylation sites is 2. The molecule has 63 heavy (non-hydrogen) atoms. The molecule has 6 heteroatoms. The summed E-state index contributed by atoms with van der Waals surface area (Å²) in [6.07, 6.45) is 0.154. The monoisotopic (exact) mass is 1080 g/mol. The molecule has 3 heterocycles. The van der Waals surface area contributed by atoms with Crippen LogP contribution in [0.5, 0.6) is 0 Å². The van der Waals surface area contributed by atoms with Gasteiger partial charge in [0.1, 0.15) is 5.58 Å². The molecule has 0 fully saturated rings. The molecule has 0 unspecified atom stereocenters. The molecule has 3 aromatic heterocycles. The largest absolute Gasteiger partial charge is 0 e. The van der Waals surface area contributed by atoms with Crippen LogP contribution in [0.4, 0.5) is 0 Å². The number of aryl methyl sites for hydroxylation is 1. The molecule has 4 nitrogen and oxygen atoms in total. The van der Waals surface area contributed by atoms with Crippen molar-refractivity contribution in [1.82, 2.24) is 14.5 Å². The Morgan fingerprint density at radius 3 is 2.17 bits per heavy atom. The fourth-order valence-electron chi connectivity index (χ4n) is 8.17. The zero-order chi connectivity index (χ0) is 49.9. The minimum absolute atomic E-state index is 0. The number of hydrogen-bond donors (Lipinski definition) is 0. The summed E-state index contributed by atoms with van der Waals surface area (Å²) in [6, 6.07) is 43.0. The maximum atomic E-state index is 8.61. The molecule has 0 aliphatic rings. The third-order valence-corrected chi connectivity index (χ3v) is 15.5. The topological polar surface area (TPSA) is 43.9 Å². The Labute approximate surface area is 400 Å². The van der Waals surface area contributed by atoms with Gasteiger partial charge < -0.3 is 8.98 Å². The molecule has 0 N–H and O–H groups in total. The van der Waals surface area contributed by atoms with Crippen molar-refractivity contribution < 1.29 is 34.1 Å². The molecular weight excluding hydrogens is 1010 g/mol. The van der Waals surface area contributed by atoms with E-state index >= 15 is 0 Å². The van der Waals surface area contributed by atoms with Crippen LogP contribution in [-0.4, -0.2) is 27.8 Å². The molecule has 0 aliphatic heterocycles. The summed E-state index contributed by atoms with van der Waals surface area (Å²) in [7, 11) is 0. The fraction of sp³-hybridized carbons (Fsp3) is 0.263. The van der Waals surface area contributed by atoms with Gasteiger partial charge in [-0.05, 0) is 76.9 Å². The summed E-state index contributed by atoms with van der Waals surface area (Å²) < 4.78 is 65.7. The van der Waals surface area contributed by atoms with Crippen molar-refractivity contribution in [3.63, 3.8) is 0 Å². The van der Waals surface area contributed by atoms with Crippen LogP contribution in [0.25, 0.3) is 72.4 Å². The molecule has 9 rings (SSSR count). The average molecular weight is 1070 g/mol. The average Bonchev–Trinajstić information content (AvgIpc) is 3.86.